The molecule has 4 nitrogen and oxygen atoms in total. The van der Waals surface area contributed by atoms with Gasteiger partial charge in [0.05, 0.1) is 0 Å². The predicted octanol–water partition coefficient (Wildman–Crippen LogP) is 0.158. The first kappa shape index (κ1) is 12.2. The molecular formula is C6H11F3N2O2. The van der Waals surface area contributed by atoms with Crippen LogP contribution in [0.2, 0.25) is 0 Å². The van der Waals surface area contributed by atoms with Crippen molar-refractivity contribution in [1.29, 1.82) is 0 Å². The van der Waals surface area contributed by atoms with E-state index in [4.69, 9.17) is 0 Å². The number of hydrogen-bond donors (Lipinski definition) is 1. The smallest absolute Gasteiger partial charge is 0.348 e. The average Bonchev–Trinajstić information content (AvgIpc) is 1.95. The van der Waals surface area contributed by atoms with E-state index in [1.54, 1.807) is 0 Å². The monoisotopic (exact) mass is 200 g/mol. The SMILES string of the molecule is CN(C)C(=O)CNOCC(F)(F)F. The molecular weight excluding hydrogens is 189 g/mol. The number of amides is 1. The minimum atomic E-state index is -4.38. The number of hydrogen-bond acceptors (Lipinski definition) is 3. The van der Waals surface area contributed by atoms with Gasteiger partial charge in [-0.15, -0.1) is 0 Å². The number of nitrogens with one attached hydrogen (secondary N) is 1. The second kappa shape index (κ2) is 5.03. The van der Waals surface area contributed by atoms with Crippen molar-refractivity contribution >= 4 is 5.91 Å². The van der Waals surface area contributed by atoms with E-state index in [1.165, 1.54) is 19.0 Å². The van der Waals surface area contributed by atoms with Gasteiger partial charge >= 0.3 is 6.18 Å². The normalized spacial score (nSPS) is 11.5. The Bertz CT molecular complexity index is 170. The van der Waals surface area contributed by atoms with Crippen LogP contribution in [0.15, 0.2) is 0 Å². The maximum atomic E-state index is 11.5. The molecule has 13 heavy (non-hydrogen) atoms. The molecule has 1 N–H and O–H groups in total. The summed E-state index contributed by atoms with van der Waals surface area (Å²) in [7, 11) is 2.99. The summed E-state index contributed by atoms with van der Waals surface area (Å²) >= 11 is 0. The molecule has 0 rings (SSSR count). The van der Waals surface area contributed by atoms with Crippen LogP contribution >= 0.6 is 0 Å². The first-order chi connectivity index (χ1) is 5.83. The van der Waals surface area contributed by atoms with Crippen LogP contribution in [-0.2, 0) is 9.63 Å². The van der Waals surface area contributed by atoms with Gasteiger partial charge in [0.25, 0.3) is 0 Å². The van der Waals surface area contributed by atoms with Crippen molar-refractivity contribution in [2.75, 3.05) is 27.2 Å². The van der Waals surface area contributed by atoms with Crippen LogP contribution in [-0.4, -0.2) is 44.2 Å². The Morgan fingerprint density at radius 2 is 2.00 bits per heavy atom. The molecule has 0 saturated heterocycles. The standard InChI is InChI=1S/C6H11F3N2O2/c1-11(2)5(12)3-10-13-4-6(7,8)9/h10H,3-4H2,1-2H3. The summed E-state index contributed by atoms with van der Waals surface area (Å²) in [4.78, 5) is 16.0. The fourth-order valence-electron chi connectivity index (χ4n) is 0.404. The largest absolute Gasteiger partial charge is 0.413 e. The van der Waals surface area contributed by atoms with Crippen molar-refractivity contribution < 1.29 is 22.8 Å². The summed E-state index contributed by atoms with van der Waals surface area (Å²) in [5.74, 6) is -0.359. The van der Waals surface area contributed by atoms with E-state index < -0.39 is 12.8 Å². The summed E-state index contributed by atoms with van der Waals surface area (Å²) in [6.07, 6.45) is -4.38. The summed E-state index contributed by atoms with van der Waals surface area (Å²) in [6.45, 7) is -1.68. The van der Waals surface area contributed by atoms with Gasteiger partial charge in [-0.25, -0.2) is 0 Å². The molecule has 0 aliphatic carbocycles. The summed E-state index contributed by atoms with van der Waals surface area (Å²) in [5.41, 5.74) is 1.91. The van der Waals surface area contributed by atoms with Gasteiger partial charge in [0.2, 0.25) is 5.91 Å². The van der Waals surface area contributed by atoms with Crippen molar-refractivity contribution in [3.8, 4) is 0 Å². The van der Waals surface area contributed by atoms with E-state index in [9.17, 15) is 18.0 Å². The van der Waals surface area contributed by atoms with Crippen LogP contribution < -0.4 is 5.48 Å². The van der Waals surface area contributed by atoms with Crippen molar-refractivity contribution in [2.45, 2.75) is 6.18 Å². The van der Waals surface area contributed by atoms with Gasteiger partial charge in [0.1, 0.15) is 6.54 Å². The lowest BCUT2D eigenvalue weighted by atomic mass is 10.6. The van der Waals surface area contributed by atoms with Crippen LogP contribution in [0.5, 0.6) is 0 Å². The molecule has 0 aromatic rings. The second-order valence-corrected chi connectivity index (χ2v) is 2.51. The molecule has 0 atom stereocenters. The highest BCUT2D eigenvalue weighted by Crippen LogP contribution is 2.13. The predicted molar refractivity (Wildman–Crippen MR) is 38.7 cm³/mol. The Morgan fingerprint density at radius 1 is 1.46 bits per heavy atom. The summed E-state index contributed by atoms with van der Waals surface area (Å²) in [6, 6.07) is 0. The molecule has 0 spiro atoms. The topological polar surface area (TPSA) is 41.6 Å². The molecule has 0 fully saturated rings. The molecule has 0 heterocycles. The lowest BCUT2D eigenvalue weighted by Gasteiger charge is -2.11. The zero-order chi connectivity index (χ0) is 10.5. The van der Waals surface area contributed by atoms with E-state index in [0.717, 1.165) is 0 Å². The van der Waals surface area contributed by atoms with Crippen molar-refractivity contribution in [3.63, 3.8) is 0 Å². The average molecular weight is 200 g/mol. The molecule has 0 aliphatic heterocycles. The Morgan fingerprint density at radius 3 is 2.38 bits per heavy atom. The Kier molecular flexibility index (Phi) is 4.71. The number of hydroxylamine groups is 1. The first-order valence-electron chi connectivity index (χ1n) is 3.44. The third-order valence-electron chi connectivity index (χ3n) is 1.06. The number of halogens is 3. The molecule has 7 heteroatoms. The molecule has 0 aromatic carbocycles. The van der Waals surface area contributed by atoms with Crippen LogP contribution in [0, 0.1) is 0 Å². The van der Waals surface area contributed by atoms with E-state index in [1.807, 2.05) is 5.48 Å². The summed E-state index contributed by atoms with van der Waals surface area (Å²) in [5, 5.41) is 0. The number of rotatable bonds is 4. The van der Waals surface area contributed by atoms with Crippen molar-refractivity contribution in [2.24, 2.45) is 0 Å². The molecule has 78 valence electrons. The lowest BCUT2D eigenvalue weighted by Crippen LogP contribution is -2.34. The molecule has 0 radical (unpaired) electrons. The Hall–Kier alpha value is -0.820. The number of nitrogens with zero attached hydrogens (tertiary/aromatic N) is 1. The third kappa shape index (κ3) is 7.54. The number of carbonyl (C=O) groups is 1. The van der Waals surface area contributed by atoms with Crippen LogP contribution in [0.4, 0.5) is 13.2 Å². The maximum Gasteiger partial charge on any atom is 0.413 e. The van der Waals surface area contributed by atoms with E-state index >= 15 is 0 Å². The van der Waals surface area contributed by atoms with Gasteiger partial charge in [-0.3, -0.25) is 9.63 Å². The van der Waals surface area contributed by atoms with Crippen LogP contribution in [0.1, 0.15) is 0 Å². The molecule has 0 aliphatic rings. The Balaban J connectivity index is 3.42. The van der Waals surface area contributed by atoms with Crippen molar-refractivity contribution in [3.05, 3.63) is 0 Å². The van der Waals surface area contributed by atoms with Gasteiger partial charge in [0.15, 0.2) is 6.61 Å². The third-order valence-corrected chi connectivity index (χ3v) is 1.06. The molecule has 1 amide bonds. The molecule has 0 bridgehead atoms. The second-order valence-electron chi connectivity index (χ2n) is 2.51. The van der Waals surface area contributed by atoms with Gasteiger partial charge in [-0.05, 0) is 0 Å². The summed E-state index contributed by atoms with van der Waals surface area (Å²) < 4.78 is 34.4. The van der Waals surface area contributed by atoms with Crippen LogP contribution in [0.25, 0.3) is 0 Å². The lowest BCUT2D eigenvalue weighted by molar-refractivity contribution is -0.190. The highest BCUT2D eigenvalue weighted by atomic mass is 19.4. The van der Waals surface area contributed by atoms with E-state index in [-0.39, 0.29) is 12.5 Å². The minimum Gasteiger partial charge on any atom is -0.348 e. The number of carbonyl (C=O) groups excluding carboxylic acids is 1. The molecule has 0 saturated carbocycles. The van der Waals surface area contributed by atoms with E-state index in [0.29, 0.717) is 0 Å². The number of alkyl halides is 3. The fraction of sp³-hybridized carbons (Fsp3) is 0.833. The molecule has 0 unspecified atom stereocenters. The fourth-order valence-corrected chi connectivity index (χ4v) is 0.404. The first-order valence-corrected chi connectivity index (χ1v) is 3.44. The van der Waals surface area contributed by atoms with Gasteiger partial charge in [0, 0.05) is 14.1 Å². The van der Waals surface area contributed by atoms with Gasteiger partial charge < -0.3 is 4.90 Å². The minimum absolute atomic E-state index is 0.275. The van der Waals surface area contributed by atoms with E-state index in [2.05, 4.69) is 4.84 Å². The maximum absolute atomic E-state index is 11.5. The van der Waals surface area contributed by atoms with Gasteiger partial charge in [-0.2, -0.15) is 18.7 Å². The van der Waals surface area contributed by atoms with Crippen molar-refractivity contribution in [1.82, 2.24) is 10.4 Å². The molecule has 0 aromatic heterocycles. The van der Waals surface area contributed by atoms with Gasteiger partial charge in [-0.1, -0.05) is 0 Å². The Labute approximate surface area is 73.6 Å². The highest BCUT2D eigenvalue weighted by molar-refractivity contribution is 5.77. The zero-order valence-corrected chi connectivity index (χ0v) is 7.31. The quantitative estimate of drug-likeness (QED) is 0.519. The number of likely N-dealkylation sites (N-methyl/N-ethyl adjacent to an activating group) is 1. The zero-order valence-electron chi connectivity index (χ0n) is 7.31. The highest BCUT2D eigenvalue weighted by Gasteiger charge is 2.27. The van der Waals surface area contributed by atoms with Crippen LogP contribution in [0.3, 0.4) is 0 Å².